The first-order valence-electron chi connectivity index (χ1n) is 8.45. The fourth-order valence-electron chi connectivity index (χ4n) is 2.73. The van der Waals surface area contributed by atoms with Crippen molar-refractivity contribution in [2.75, 3.05) is 31.9 Å². The molecule has 2 rings (SSSR count). The van der Waals surface area contributed by atoms with Crippen molar-refractivity contribution in [2.45, 2.75) is 39.5 Å². The van der Waals surface area contributed by atoms with Crippen LogP contribution < -0.4 is 0 Å². The minimum Gasteiger partial charge on any atom is -0.339 e. The van der Waals surface area contributed by atoms with Crippen LogP contribution >= 0.6 is 11.8 Å². The lowest BCUT2D eigenvalue weighted by Crippen LogP contribution is -2.53. The van der Waals surface area contributed by atoms with Crippen LogP contribution in [0.2, 0.25) is 0 Å². The quantitative estimate of drug-likeness (QED) is 0.788. The number of thioether (sulfide) groups is 1. The molecule has 0 aliphatic carbocycles. The third kappa shape index (κ3) is 4.76. The van der Waals surface area contributed by atoms with E-state index in [1.807, 2.05) is 30.6 Å². The van der Waals surface area contributed by atoms with E-state index < -0.39 is 0 Å². The Labute approximate surface area is 149 Å². The zero-order chi connectivity index (χ0) is 17.9. The van der Waals surface area contributed by atoms with Crippen LogP contribution in [0.3, 0.4) is 0 Å². The molecule has 1 heterocycles. The first kappa shape index (κ1) is 18.8. The second kappa shape index (κ2) is 7.60. The summed E-state index contributed by atoms with van der Waals surface area (Å²) in [4.78, 5) is 29.7. The number of piperazine rings is 1. The minimum absolute atomic E-state index is 0.156. The Morgan fingerprint density at radius 1 is 1.04 bits per heavy atom. The van der Waals surface area contributed by atoms with Crippen LogP contribution in [0.4, 0.5) is 0 Å². The molecule has 0 atom stereocenters. The van der Waals surface area contributed by atoms with Gasteiger partial charge >= 0.3 is 0 Å². The zero-order valence-corrected chi connectivity index (χ0v) is 16.2. The summed E-state index contributed by atoms with van der Waals surface area (Å²) in [6, 6.07) is 6.32. The molecule has 0 saturated carbocycles. The lowest BCUT2D eigenvalue weighted by atomic mass is 9.94. The number of amides is 2. The molecule has 1 aromatic carbocycles. The molecule has 0 spiro atoms. The molecular weight excluding hydrogens is 320 g/mol. The van der Waals surface area contributed by atoms with Gasteiger partial charge in [-0.2, -0.15) is 0 Å². The van der Waals surface area contributed by atoms with Crippen LogP contribution in [-0.2, 0) is 9.59 Å². The maximum atomic E-state index is 12.4. The van der Waals surface area contributed by atoms with Gasteiger partial charge in [0.05, 0.1) is 5.75 Å². The van der Waals surface area contributed by atoms with Crippen LogP contribution in [0, 0.1) is 19.3 Å². The van der Waals surface area contributed by atoms with Crippen molar-refractivity contribution in [3.8, 4) is 0 Å². The van der Waals surface area contributed by atoms with Gasteiger partial charge in [-0.15, -0.1) is 11.8 Å². The molecule has 0 aromatic heterocycles. The van der Waals surface area contributed by atoms with E-state index in [1.165, 1.54) is 16.0 Å². The average Bonchev–Trinajstić information content (AvgIpc) is 2.54. The second-order valence-corrected chi connectivity index (χ2v) is 8.50. The highest BCUT2D eigenvalue weighted by Gasteiger charge is 2.30. The Morgan fingerprint density at radius 2 is 1.62 bits per heavy atom. The first-order valence-corrected chi connectivity index (χ1v) is 9.44. The summed E-state index contributed by atoms with van der Waals surface area (Å²) in [6.45, 7) is 12.5. The van der Waals surface area contributed by atoms with Gasteiger partial charge in [-0.25, -0.2) is 0 Å². The molecule has 0 N–H and O–H groups in total. The molecule has 1 aliphatic rings. The van der Waals surface area contributed by atoms with Crippen LogP contribution in [-0.4, -0.2) is 53.5 Å². The van der Waals surface area contributed by atoms with Gasteiger partial charge in [0.1, 0.15) is 0 Å². The molecule has 0 unspecified atom stereocenters. The van der Waals surface area contributed by atoms with Gasteiger partial charge < -0.3 is 9.80 Å². The van der Waals surface area contributed by atoms with Crippen LogP contribution in [0.5, 0.6) is 0 Å². The van der Waals surface area contributed by atoms with Crippen molar-refractivity contribution in [1.29, 1.82) is 0 Å². The first-order chi connectivity index (χ1) is 11.2. The molecule has 24 heavy (non-hydrogen) atoms. The number of carbonyl (C=O) groups excluding carboxylic acids is 2. The van der Waals surface area contributed by atoms with Gasteiger partial charge in [-0.05, 0) is 25.5 Å². The second-order valence-electron chi connectivity index (χ2n) is 7.48. The highest BCUT2D eigenvalue weighted by Crippen LogP contribution is 2.24. The number of benzene rings is 1. The smallest absolute Gasteiger partial charge is 0.233 e. The summed E-state index contributed by atoms with van der Waals surface area (Å²) in [6.07, 6.45) is 0. The van der Waals surface area contributed by atoms with Gasteiger partial charge in [-0.1, -0.05) is 38.5 Å². The van der Waals surface area contributed by atoms with E-state index in [4.69, 9.17) is 0 Å². The number of carbonyl (C=O) groups is 2. The van der Waals surface area contributed by atoms with Crippen LogP contribution in [0.1, 0.15) is 31.9 Å². The summed E-state index contributed by atoms with van der Waals surface area (Å²) >= 11 is 1.60. The van der Waals surface area contributed by atoms with E-state index in [0.29, 0.717) is 31.9 Å². The van der Waals surface area contributed by atoms with E-state index in [-0.39, 0.29) is 17.2 Å². The summed E-state index contributed by atoms with van der Waals surface area (Å²) in [5.74, 6) is 0.778. The number of aryl methyl sites for hydroxylation is 2. The predicted molar refractivity (Wildman–Crippen MR) is 99.3 cm³/mol. The predicted octanol–water partition coefficient (Wildman–Crippen LogP) is 3.11. The SMILES string of the molecule is Cc1ccc(C)c(SCC(=O)N2CCN(C(=O)C(C)(C)C)CC2)c1. The maximum absolute atomic E-state index is 12.4. The fraction of sp³-hybridized carbons (Fsp3) is 0.579. The summed E-state index contributed by atoms with van der Waals surface area (Å²) in [5, 5.41) is 0. The average molecular weight is 349 g/mol. The number of nitrogens with zero attached hydrogens (tertiary/aromatic N) is 2. The van der Waals surface area contributed by atoms with Crippen LogP contribution in [0.25, 0.3) is 0 Å². The highest BCUT2D eigenvalue weighted by molar-refractivity contribution is 8.00. The largest absolute Gasteiger partial charge is 0.339 e. The van der Waals surface area contributed by atoms with Gasteiger partial charge in [0.25, 0.3) is 0 Å². The Balaban J connectivity index is 1.85. The number of hydrogen-bond acceptors (Lipinski definition) is 3. The molecule has 4 nitrogen and oxygen atoms in total. The number of hydrogen-bond donors (Lipinski definition) is 0. The molecule has 1 saturated heterocycles. The van der Waals surface area contributed by atoms with E-state index in [2.05, 4.69) is 32.0 Å². The molecule has 1 fully saturated rings. The van der Waals surface area contributed by atoms with Gasteiger partial charge in [-0.3, -0.25) is 9.59 Å². The van der Waals surface area contributed by atoms with E-state index in [9.17, 15) is 9.59 Å². The zero-order valence-electron chi connectivity index (χ0n) is 15.4. The number of rotatable bonds is 3. The van der Waals surface area contributed by atoms with Gasteiger partial charge in [0, 0.05) is 36.5 Å². The Kier molecular flexibility index (Phi) is 5.97. The lowest BCUT2D eigenvalue weighted by molar-refractivity contribution is -0.144. The summed E-state index contributed by atoms with van der Waals surface area (Å²) in [7, 11) is 0. The third-order valence-corrected chi connectivity index (χ3v) is 5.40. The van der Waals surface area contributed by atoms with Gasteiger partial charge in [0.15, 0.2) is 0 Å². The molecule has 1 aromatic rings. The van der Waals surface area contributed by atoms with Gasteiger partial charge in [0.2, 0.25) is 11.8 Å². The van der Waals surface area contributed by atoms with Crippen molar-refractivity contribution in [3.63, 3.8) is 0 Å². The van der Waals surface area contributed by atoms with Crippen molar-refractivity contribution in [2.24, 2.45) is 5.41 Å². The molecule has 1 aliphatic heterocycles. The van der Waals surface area contributed by atoms with E-state index >= 15 is 0 Å². The summed E-state index contributed by atoms with van der Waals surface area (Å²) in [5.41, 5.74) is 2.06. The minimum atomic E-state index is -0.356. The van der Waals surface area contributed by atoms with E-state index in [0.717, 1.165) is 0 Å². The van der Waals surface area contributed by atoms with Crippen LogP contribution in [0.15, 0.2) is 23.1 Å². The lowest BCUT2D eigenvalue weighted by Gasteiger charge is -2.37. The third-order valence-electron chi connectivity index (χ3n) is 4.26. The van der Waals surface area contributed by atoms with Crippen molar-refractivity contribution in [1.82, 2.24) is 9.80 Å². The Bertz CT molecular complexity index is 614. The Hall–Kier alpha value is -1.49. The van der Waals surface area contributed by atoms with Crippen molar-refractivity contribution >= 4 is 23.6 Å². The maximum Gasteiger partial charge on any atom is 0.233 e. The van der Waals surface area contributed by atoms with Crippen molar-refractivity contribution < 1.29 is 9.59 Å². The molecule has 2 amide bonds. The monoisotopic (exact) mass is 348 g/mol. The highest BCUT2D eigenvalue weighted by atomic mass is 32.2. The molecule has 0 radical (unpaired) electrons. The summed E-state index contributed by atoms with van der Waals surface area (Å²) < 4.78 is 0. The molecule has 0 bridgehead atoms. The fourth-order valence-corrected chi connectivity index (χ4v) is 3.75. The van der Waals surface area contributed by atoms with Crippen molar-refractivity contribution in [3.05, 3.63) is 29.3 Å². The standard InChI is InChI=1S/C19H28N2O2S/c1-14-6-7-15(2)16(12-14)24-13-17(22)20-8-10-21(11-9-20)18(23)19(3,4)5/h6-7,12H,8-11,13H2,1-5H3. The molecule has 5 heteroatoms. The normalized spacial score (nSPS) is 15.5. The molecule has 132 valence electrons. The molecular formula is C19H28N2O2S. The topological polar surface area (TPSA) is 40.6 Å². The Morgan fingerprint density at radius 3 is 2.21 bits per heavy atom. The van der Waals surface area contributed by atoms with E-state index in [1.54, 1.807) is 11.8 Å².